The summed E-state index contributed by atoms with van der Waals surface area (Å²) in [7, 11) is 0. The quantitative estimate of drug-likeness (QED) is 0.803. The fourth-order valence-electron chi connectivity index (χ4n) is 2.80. The molecule has 2 aromatic rings. The van der Waals surface area contributed by atoms with Gasteiger partial charge in [-0.15, -0.1) is 0 Å². The first-order valence-corrected chi connectivity index (χ1v) is 7.37. The van der Waals surface area contributed by atoms with Gasteiger partial charge in [-0.3, -0.25) is 4.98 Å². The fraction of sp³-hybridized carbons (Fsp3) is 0.471. The molecule has 1 heterocycles. The van der Waals surface area contributed by atoms with E-state index in [1.54, 1.807) is 6.20 Å². The molecule has 0 aliphatic rings. The van der Waals surface area contributed by atoms with Crippen molar-refractivity contribution in [3.05, 3.63) is 30.5 Å². The molecule has 1 aromatic carbocycles. The Hall–Kier alpha value is -1.77. The number of fused-ring (bicyclic) bond motifs is 1. The van der Waals surface area contributed by atoms with E-state index >= 15 is 0 Å². The van der Waals surface area contributed by atoms with Gasteiger partial charge in [0.1, 0.15) is 0 Å². The normalized spacial score (nSPS) is 11.8. The van der Waals surface area contributed by atoms with Crippen LogP contribution >= 0.6 is 0 Å². The summed E-state index contributed by atoms with van der Waals surface area (Å²) < 4.78 is 0. The Balaban J connectivity index is 2.20. The van der Waals surface area contributed by atoms with Gasteiger partial charge in [0, 0.05) is 18.1 Å². The lowest BCUT2D eigenvalue weighted by atomic mass is 9.85. The van der Waals surface area contributed by atoms with E-state index in [1.807, 2.05) is 24.3 Å². The van der Waals surface area contributed by atoms with E-state index in [0.717, 1.165) is 28.8 Å². The van der Waals surface area contributed by atoms with Gasteiger partial charge in [-0.2, -0.15) is 0 Å². The van der Waals surface area contributed by atoms with E-state index in [2.05, 4.69) is 38.0 Å². The van der Waals surface area contributed by atoms with Crippen LogP contribution in [-0.4, -0.2) is 11.5 Å². The zero-order chi connectivity index (χ0) is 14.7. The molecule has 3 N–H and O–H groups in total. The smallest absolute Gasteiger partial charge is 0.0724 e. The highest BCUT2D eigenvalue weighted by molar-refractivity contribution is 5.96. The zero-order valence-corrected chi connectivity index (χ0v) is 12.9. The van der Waals surface area contributed by atoms with Crippen LogP contribution in [0, 0.1) is 17.8 Å². The van der Waals surface area contributed by atoms with Gasteiger partial charge < -0.3 is 11.1 Å². The predicted octanol–water partition coefficient (Wildman–Crippen LogP) is 4.16. The number of nitrogens with one attached hydrogen (secondary N) is 1. The van der Waals surface area contributed by atoms with Crippen LogP contribution in [0.3, 0.4) is 0 Å². The van der Waals surface area contributed by atoms with Crippen molar-refractivity contribution in [3.63, 3.8) is 0 Å². The molecule has 0 saturated carbocycles. The number of nitrogen functional groups attached to an aromatic ring is 1. The molecule has 0 saturated heterocycles. The highest BCUT2D eigenvalue weighted by Gasteiger charge is 2.17. The van der Waals surface area contributed by atoms with E-state index in [9.17, 15) is 0 Å². The maximum absolute atomic E-state index is 6.25. The largest absolute Gasteiger partial charge is 0.397 e. The molecule has 20 heavy (non-hydrogen) atoms. The average molecular weight is 271 g/mol. The van der Waals surface area contributed by atoms with E-state index in [-0.39, 0.29) is 0 Å². The molecule has 108 valence electrons. The Morgan fingerprint density at radius 1 is 1.10 bits per heavy atom. The van der Waals surface area contributed by atoms with Crippen LogP contribution in [0.5, 0.6) is 0 Å². The van der Waals surface area contributed by atoms with Gasteiger partial charge in [0.25, 0.3) is 0 Å². The molecule has 0 amide bonds. The second kappa shape index (κ2) is 6.12. The van der Waals surface area contributed by atoms with E-state index in [1.165, 1.54) is 0 Å². The molecule has 0 bridgehead atoms. The Labute approximate surface area is 121 Å². The minimum atomic E-state index is 0.638. The Kier molecular flexibility index (Phi) is 4.48. The van der Waals surface area contributed by atoms with E-state index in [0.29, 0.717) is 17.8 Å². The average Bonchev–Trinajstić information content (AvgIpc) is 2.41. The van der Waals surface area contributed by atoms with Gasteiger partial charge in [-0.1, -0.05) is 27.7 Å². The molecule has 0 fully saturated rings. The summed E-state index contributed by atoms with van der Waals surface area (Å²) in [5, 5.41) is 4.53. The van der Waals surface area contributed by atoms with E-state index < -0.39 is 0 Å². The van der Waals surface area contributed by atoms with Gasteiger partial charge in [0.2, 0.25) is 0 Å². The standard InChI is InChI=1S/C17H25N3/c1-11(2)14(12(3)4)10-20-16-8-7-15-13(17(16)18)6-5-9-19-15/h5-9,11-12,14,20H,10,18H2,1-4H3. The van der Waals surface area contributed by atoms with Crippen molar-refractivity contribution in [2.45, 2.75) is 27.7 Å². The van der Waals surface area contributed by atoms with Gasteiger partial charge in [0.15, 0.2) is 0 Å². The summed E-state index contributed by atoms with van der Waals surface area (Å²) in [6, 6.07) is 7.99. The van der Waals surface area contributed by atoms with Crippen LogP contribution in [0.4, 0.5) is 11.4 Å². The Bertz CT molecular complexity index is 567. The summed E-state index contributed by atoms with van der Waals surface area (Å²) in [6.07, 6.45) is 1.79. The molecule has 2 rings (SSSR count). The van der Waals surface area contributed by atoms with Gasteiger partial charge in [-0.25, -0.2) is 0 Å². The lowest BCUT2D eigenvalue weighted by Gasteiger charge is -2.26. The van der Waals surface area contributed by atoms with Crippen molar-refractivity contribution in [1.82, 2.24) is 4.98 Å². The Morgan fingerprint density at radius 3 is 2.45 bits per heavy atom. The third kappa shape index (κ3) is 3.03. The summed E-state index contributed by atoms with van der Waals surface area (Å²) in [5.74, 6) is 1.95. The molecule has 0 aliphatic carbocycles. The first-order valence-electron chi connectivity index (χ1n) is 7.37. The third-order valence-electron chi connectivity index (χ3n) is 4.07. The molecule has 0 radical (unpaired) electrons. The maximum Gasteiger partial charge on any atom is 0.0724 e. The number of hydrogen-bond donors (Lipinski definition) is 2. The van der Waals surface area contributed by atoms with Crippen molar-refractivity contribution >= 4 is 22.3 Å². The number of benzene rings is 1. The Morgan fingerprint density at radius 2 is 1.80 bits per heavy atom. The summed E-state index contributed by atoms with van der Waals surface area (Å²) in [5.41, 5.74) is 9.00. The molecule has 0 spiro atoms. The van der Waals surface area contributed by atoms with Gasteiger partial charge in [0.05, 0.1) is 16.9 Å². The number of hydrogen-bond acceptors (Lipinski definition) is 3. The highest BCUT2D eigenvalue weighted by atomic mass is 14.9. The van der Waals surface area contributed by atoms with E-state index in [4.69, 9.17) is 5.73 Å². The minimum absolute atomic E-state index is 0.638. The lowest BCUT2D eigenvalue weighted by Crippen LogP contribution is -2.24. The summed E-state index contributed by atoms with van der Waals surface area (Å²) in [6.45, 7) is 10.1. The van der Waals surface area contributed by atoms with Crippen LogP contribution in [-0.2, 0) is 0 Å². The first-order chi connectivity index (χ1) is 9.50. The molecular formula is C17H25N3. The SMILES string of the molecule is CC(C)C(CNc1ccc2ncccc2c1N)C(C)C. The van der Waals surface area contributed by atoms with Crippen LogP contribution in [0.15, 0.2) is 30.5 Å². The van der Waals surface area contributed by atoms with Crippen molar-refractivity contribution in [3.8, 4) is 0 Å². The van der Waals surface area contributed by atoms with Crippen LogP contribution in [0.25, 0.3) is 10.9 Å². The zero-order valence-electron chi connectivity index (χ0n) is 12.9. The predicted molar refractivity (Wildman–Crippen MR) is 87.8 cm³/mol. The third-order valence-corrected chi connectivity index (χ3v) is 4.07. The molecule has 3 nitrogen and oxygen atoms in total. The molecule has 1 aromatic heterocycles. The van der Waals surface area contributed by atoms with Crippen molar-refractivity contribution < 1.29 is 0 Å². The lowest BCUT2D eigenvalue weighted by molar-refractivity contribution is 0.304. The number of pyridine rings is 1. The molecule has 0 unspecified atom stereocenters. The first kappa shape index (κ1) is 14.6. The molecule has 0 aliphatic heterocycles. The highest BCUT2D eigenvalue weighted by Crippen LogP contribution is 2.28. The van der Waals surface area contributed by atoms with Crippen LogP contribution in [0.2, 0.25) is 0 Å². The summed E-state index contributed by atoms with van der Waals surface area (Å²) in [4.78, 5) is 4.33. The molecule has 0 atom stereocenters. The maximum atomic E-state index is 6.25. The number of nitrogens with two attached hydrogens (primary N) is 1. The molecule has 3 heteroatoms. The molecular weight excluding hydrogens is 246 g/mol. The topological polar surface area (TPSA) is 50.9 Å². The number of anilines is 2. The van der Waals surface area contributed by atoms with Crippen molar-refractivity contribution in [2.75, 3.05) is 17.6 Å². The fourth-order valence-corrected chi connectivity index (χ4v) is 2.80. The van der Waals surface area contributed by atoms with Gasteiger partial charge >= 0.3 is 0 Å². The van der Waals surface area contributed by atoms with Crippen LogP contribution in [0.1, 0.15) is 27.7 Å². The van der Waals surface area contributed by atoms with Gasteiger partial charge in [-0.05, 0) is 42.0 Å². The monoisotopic (exact) mass is 271 g/mol. The minimum Gasteiger partial charge on any atom is -0.397 e. The van der Waals surface area contributed by atoms with Crippen LogP contribution < -0.4 is 11.1 Å². The second-order valence-corrected chi connectivity index (χ2v) is 6.13. The number of rotatable bonds is 5. The van der Waals surface area contributed by atoms with Crippen molar-refractivity contribution in [1.29, 1.82) is 0 Å². The number of nitrogens with zero attached hydrogens (tertiary/aromatic N) is 1. The van der Waals surface area contributed by atoms with Crippen molar-refractivity contribution in [2.24, 2.45) is 17.8 Å². The second-order valence-electron chi connectivity index (χ2n) is 6.13. The number of aromatic nitrogens is 1. The summed E-state index contributed by atoms with van der Waals surface area (Å²) >= 11 is 0.